The molecule has 0 heterocycles. The Hall–Kier alpha value is -2.05. The lowest BCUT2D eigenvalue weighted by Gasteiger charge is -2.31. The highest BCUT2D eigenvalue weighted by Gasteiger charge is 2.29. The van der Waals surface area contributed by atoms with Crippen molar-refractivity contribution in [1.29, 1.82) is 0 Å². The lowest BCUT2D eigenvalue weighted by molar-refractivity contribution is -0.139. The van der Waals surface area contributed by atoms with E-state index >= 15 is 0 Å². The molecule has 0 bridgehead atoms. The molecule has 1 atom stereocenters. The number of hydrogen-bond donors (Lipinski definition) is 1. The van der Waals surface area contributed by atoms with Crippen molar-refractivity contribution in [3.63, 3.8) is 0 Å². The zero-order valence-corrected chi connectivity index (χ0v) is 20.0. The monoisotopic (exact) mass is 464 g/mol. The lowest BCUT2D eigenvalue weighted by Crippen LogP contribution is -2.51. The fourth-order valence-electron chi connectivity index (χ4n) is 3.26. The Labute approximate surface area is 193 Å². The summed E-state index contributed by atoms with van der Waals surface area (Å²) in [5.74, 6) is -0.299. The fraction of sp³-hybridized carbons (Fsp3) is 0.417. The number of aryl methyl sites for hydroxylation is 1. The molecule has 0 aliphatic heterocycles. The zero-order valence-electron chi connectivity index (χ0n) is 18.5. The molecule has 0 spiro atoms. The molecule has 2 aromatic carbocycles. The summed E-state index contributed by atoms with van der Waals surface area (Å²) in [4.78, 5) is 27.7. The topological polar surface area (TPSA) is 49.4 Å². The van der Waals surface area contributed by atoms with Gasteiger partial charge in [-0.05, 0) is 50.5 Å². The molecule has 4 nitrogen and oxygen atoms in total. The molecule has 1 unspecified atom stereocenters. The van der Waals surface area contributed by atoms with Crippen molar-refractivity contribution in [2.45, 2.75) is 58.5 Å². The number of nitrogens with zero attached hydrogens (tertiary/aromatic N) is 1. The Morgan fingerprint density at radius 3 is 2.48 bits per heavy atom. The van der Waals surface area contributed by atoms with Crippen LogP contribution in [-0.2, 0) is 21.9 Å². The molecule has 0 radical (unpaired) electrons. The van der Waals surface area contributed by atoms with Gasteiger partial charge in [-0.1, -0.05) is 48.9 Å². The van der Waals surface area contributed by atoms with Crippen molar-refractivity contribution in [2.24, 2.45) is 0 Å². The van der Waals surface area contributed by atoms with Crippen molar-refractivity contribution >= 4 is 35.2 Å². The number of hydrogen-bond acceptors (Lipinski definition) is 3. The first-order valence-electron chi connectivity index (χ1n) is 10.4. The molecular weight excluding hydrogens is 435 g/mol. The van der Waals surface area contributed by atoms with Crippen molar-refractivity contribution in [2.75, 3.05) is 5.75 Å². The van der Waals surface area contributed by atoms with Crippen LogP contribution in [-0.4, -0.2) is 34.6 Å². The van der Waals surface area contributed by atoms with E-state index in [1.165, 1.54) is 17.8 Å². The minimum Gasteiger partial charge on any atom is -0.352 e. The molecule has 0 aliphatic rings. The highest BCUT2D eigenvalue weighted by atomic mass is 35.5. The molecule has 0 saturated carbocycles. The van der Waals surface area contributed by atoms with Crippen LogP contribution in [0.5, 0.6) is 0 Å². The average molecular weight is 465 g/mol. The molecule has 7 heteroatoms. The van der Waals surface area contributed by atoms with Gasteiger partial charge in [0, 0.05) is 28.9 Å². The van der Waals surface area contributed by atoms with E-state index in [4.69, 9.17) is 11.6 Å². The van der Waals surface area contributed by atoms with Gasteiger partial charge in [0.25, 0.3) is 0 Å². The molecular formula is C24H30ClFN2O2S. The first-order valence-corrected chi connectivity index (χ1v) is 11.9. The van der Waals surface area contributed by atoms with Crippen molar-refractivity contribution in [3.8, 4) is 0 Å². The predicted molar refractivity (Wildman–Crippen MR) is 127 cm³/mol. The molecule has 2 rings (SSSR count). The molecule has 0 aliphatic carbocycles. The van der Waals surface area contributed by atoms with E-state index in [1.807, 2.05) is 52.0 Å². The maximum Gasteiger partial charge on any atom is 0.243 e. The molecule has 2 amide bonds. The maximum absolute atomic E-state index is 14.0. The van der Waals surface area contributed by atoms with Gasteiger partial charge in [0.1, 0.15) is 11.9 Å². The fourth-order valence-corrected chi connectivity index (χ4v) is 4.51. The van der Waals surface area contributed by atoms with Crippen LogP contribution in [0.15, 0.2) is 42.5 Å². The van der Waals surface area contributed by atoms with Crippen molar-refractivity contribution < 1.29 is 14.0 Å². The SMILES string of the molecule is CCC(C(=O)NC(C)C)N(Cc1ccccc1C)C(=O)CSCc1c(F)cccc1Cl. The zero-order chi connectivity index (χ0) is 23.0. The van der Waals surface area contributed by atoms with E-state index in [0.717, 1.165) is 11.1 Å². The Bertz CT molecular complexity index is 887. The minimum atomic E-state index is -0.577. The van der Waals surface area contributed by atoms with E-state index in [2.05, 4.69) is 5.32 Å². The van der Waals surface area contributed by atoms with Gasteiger partial charge < -0.3 is 10.2 Å². The molecule has 0 saturated heterocycles. The van der Waals surface area contributed by atoms with E-state index in [0.29, 0.717) is 23.6 Å². The van der Waals surface area contributed by atoms with E-state index in [9.17, 15) is 14.0 Å². The first-order chi connectivity index (χ1) is 14.7. The number of halogens is 2. The number of carbonyl (C=O) groups is 2. The largest absolute Gasteiger partial charge is 0.352 e. The highest BCUT2D eigenvalue weighted by Crippen LogP contribution is 2.25. The van der Waals surface area contributed by atoms with Crippen LogP contribution < -0.4 is 5.32 Å². The van der Waals surface area contributed by atoms with Crippen molar-refractivity contribution in [1.82, 2.24) is 10.2 Å². The summed E-state index contributed by atoms with van der Waals surface area (Å²) in [6.45, 7) is 8.02. The van der Waals surface area contributed by atoms with Crippen LogP contribution in [0.2, 0.25) is 5.02 Å². The second-order valence-electron chi connectivity index (χ2n) is 7.73. The van der Waals surface area contributed by atoms with Gasteiger partial charge in [0.2, 0.25) is 11.8 Å². The number of amides is 2. The maximum atomic E-state index is 14.0. The second kappa shape index (κ2) is 12.1. The van der Waals surface area contributed by atoms with Crippen LogP contribution in [0.1, 0.15) is 43.9 Å². The van der Waals surface area contributed by atoms with Gasteiger partial charge in [-0.3, -0.25) is 9.59 Å². The summed E-state index contributed by atoms with van der Waals surface area (Å²) >= 11 is 7.39. The molecule has 0 fully saturated rings. The number of carbonyl (C=O) groups excluding carboxylic acids is 2. The summed E-state index contributed by atoms with van der Waals surface area (Å²) < 4.78 is 14.0. The van der Waals surface area contributed by atoms with E-state index in [1.54, 1.807) is 17.0 Å². The second-order valence-corrected chi connectivity index (χ2v) is 9.12. The quantitative estimate of drug-likeness (QED) is 0.515. The molecule has 168 valence electrons. The Morgan fingerprint density at radius 2 is 1.87 bits per heavy atom. The molecule has 1 N–H and O–H groups in total. The molecule has 31 heavy (non-hydrogen) atoms. The normalized spacial score (nSPS) is 12.0. The summed E-state index contributed by atoms with van der Waals surface area (Å²) in [6.07, 6.45) is 0.500. The van der Waals surface area contributed by atoms with Crippen LogP contribution in [0.4, 0.5) is 4.39 Å². The summed E-state index contributed by atoms with van der Waals surface area (Å²) in [6, 6.07) is 11.8. The Kier molecular flexibility index (Phi) is 9.85. The summed E-state index contributed by atoms with van der Waals surface area (Å²) in [5, 5.41) is 3.27. The summed E-state index contributed by atoms with van der Waals surface area (Å²) in [7, 11) is 0. The third kappa shape index (κ3) is 7.25. The third-order valence-corrected chi connectivity index (χ3v) is 6.25. The van der Waals surface area contributed by atoms with Gasteiger partial charge >= 0.3 is 0 Å². The Morgan fingerprint density at radius 1 is 1.16 bits per heavy atom. The van der Waals surface area contributed by atoms with Gasteiger partial charge in [0.15, 0.2) is 0 Å². The number of benzene rings is 2. The average Bonchev–Trinajstić information content (AvgIpc) is 2.70. The van der Waals surface area contributed by atoms with Gasteiger partial charge in [-0.2, -0.15) is 0 Å². The standard InChI is InChI=1S/C24H30ClFN2O2S/c1-5-22(24(30)27-16(2)3)28(13-18-10-7-6-9-17(18)4)23(29)15-31-14-19-20(25)11-8-12-21(19)26/h6-12,16,22H,5,13-15H2,1-4H3,(H,27,30). The smallest absolute Gasteiger partial charge is 0.243 e. The van der Waals surface area contributed by atoms with E-state index < -0.39 is 6.04 Å². The van der Waals surface area contributed by atoms with Gasteiger partial charge in [-0.15, -0.1) is 11.8 Å². The highest BCUT2D eigenvalue weighted by molar-refractivity contribution is 7.99. The number of thioether (sulfide) groups is 1. The van der Waals surface area contributed by atoms with E-state index in [-0.39, 0.29) is 35.2 Å². The van der Waals surface area contributed by atoms with Crippen LogP contribution in [0, 0.1) is 12.7 Å². The lowest BCUT2D eigenvalue weighted by atomic mass is 10.1. The summed E-state index contributed by atoms with van der Waals surface area (Å²) in [5.41, 5.74) is 2.44. The van der Waals surface area contributed by atoms with Gasteiger partial charge in [-0.25, -0.2) is 4.39 Å². The Balaban J connectivity index is 2.18. The number of nitrogens with one attached hydrogen (secondary N) is 1. The predicted octanol–water partition coefficient (Wildman–Crippen LogP) is 5.35. The van der Waals surface area contributed by atoms with Crippen LogP contribution >= 0.6 is 23.4 Å². The first kappa shape index (κ1) is 25.2. The van der Waals surface area contributed by atoms with Gasteiger partial charge in [0.05, 0.1) is 5.75 Å². The van der Waals surface area contributed by atoms with Crippen LogP contribution in [0.3, 0.4) is 0 Å². The number of rotatable bonds is 10. The minimum absolute atomic E-state index is 0.0189. The third-order valence-electron chi connectivity index (χ3n) is 4.95. The van der Waals surface area contributed by atoms with Crippen LogP contribution in [0.25, 0.3) is 0 Å². The van der Waals surface area contributed by atoms with Crippen molar-refractivity contribution in [3.05, 3.63) is 70.0 Å². The molecule has 2 aromatic rings. The molecule has 0 aromatic heterocycles.